The lowest BCUT2D eigenvalue weighted by Gasteiger charge is -1.98. The summed E-state index contributed by atoms with van der Waals surface area (Å²) in [6.07, 6.45) is 6.05. The highest BCUT2D eigenvalue weighted by Crippen LogP contribution is 2.01. The van der Waals surface area contributed by atoms with Crippen LogP contribution in [0.25, 0.3) is 0 Å². The fraction of sp³-hybridized carbons (Fsp3) is 0.750. The highest BCUT2D eigenvalue weighted by Gasteiger charge is 1.97. The third kappa shape index (κ3) is 5.57. The molecule has 1 nitrogen and oxygen atoms in total. The van der Waals surface area contributed by atoms with Gasteiger partial charge in [-0.25, -0.2) is 5.11 Å². The molecule has 0 rings (SSSR count). The highest BCUT2D eigenvalue weighted by atomic mass is 16.3. The molecule has 1 radical (unpaired) electrons. The third-order valence-electron chi connectivity index (χ3n) is 1.25. The first kappa shape index (κ1) is 8.70. The molecule has 53 valence electrons. The molecule has 0 saturated carbocycles. The van der Waals surface area contributed by atoms with E-state index in [2.05, 4.69) is 6.92 Å². The molecule has 1 atom stereocenters. The van der Waals surface area contributed by atoms with E-state index in [1.54, 1.807) is 6.08 Å². The average Bonchev–Trinajstić information content (AvgIpc) is 1.85. The molecule has 0 heterocycles. The first-order valence-corrected chi connectivity index (χ1v) is 3.60. The Labute approximate surface area is 57.4 Å². The van der Waals surface area contributed by atoms with E-state index in [1.165, 1.54) is 0 Å². The third-order valence-corrected chi connectivity index (χ3v) is 1.25. The van der Waals surface area contributed by atoms with Crippen molar-refractivity contribution in [3.63, 3.8) is 0 Å². The Morgan fingerprint density at radius 3 is 2.67 bits per heavy atom. The van der Waals surface area contributed by atoms with Gasteiger partial charge in [-0.3, -0.25) is 0 Å². The van der Waals surface area contributed by atoms with Crippen molar-refractivity contribution in [3.05, 3.63) is 12.2 Å². The highest BCUT2D eigenvalue weighted by molar-refractivity contribution is 4.84. The van der Waals surface area contributed by atoms with Gasteiger partial charge in [0.05, 0.1) is 0 Å². The van der Waals surface area contributed by atoms with Crippen LogP contribution < -0.4 is 0 Å². The van der Waals surface area contributed by atoms with Crippen molar-refractivity contribution in [1.82, 2.24) is 0 Å². The Kier molecular flexibility index (Phi) is 5.64. The van der Waals surface area contributed by atoms with Gasteiger partial charge in [0.1, 0.15) is 6.10 Å². The lowest BCUT2D eigenvalue weighted by Crippen LogP contribution is -1.97. The Balaban J connectivity index is 3.15. The van der Waals surface area contributed by atoms with E-state index in [1.807, 2.05) is 13.0 Å². The summed E-state index contributed by atoms with van der Waals surface area (Å²) in [5.41, 5.74) is 0. The molecule has 0 fully saturated rings. The topological polar surface area (TPSA) is 19.9 Å². The molecule has 0 saturated heterocycles. The quantitative estimate of drug-likeness (QED) is 0.517. The van der Waals surface area contributed by atoms with E-state index in [0.29, 0.717) is 0 Å². The van der Waals surface area contributed by atoms with E-state index < -0.39 is 6.10 Å². The zero-order valence-electron chi connectivity index (χ0n) is 6.26. The molecule has 1 unspecified atom stereocenters. The number of hydrogen-bond acceptors (Lipinski definition) is 0. The van der Waals surface area contributed by atoms with Crippen LogP contribution >= 0.6 is 0 Å². The molecule has 0 aliphatic heterocycles. The van der Waals surface area contributed by atoms with Crippen LogP contribution in [0.3, 0.4) is 0 Å². The molecule has 0 bridgehead atoms. The summed E-state index contributed by atoms with van der Waals surface area (Å²) >= 11 is 0. The Morgan fingerprint density at radius 2 is 2.22 bits per heavy atom. The van der Waals surface area contributed by atoms with Gasteiger partial charge in [0, 0.05) is 0 Å². The van der Waals surface area contributed by atoms with Crippen LogP contribution in [-0.4, -0.2) is 6.10 Å². The summed E-state index contributed by atoms with van der Waals surface area (Å²) in [6.45, 7) is 3.99. The van der Waals surface area contributed by atoms with Gasteiger partial charge in [0.25, 0.3) is 0 Å². The van der Waals surface area contributed by atoms with Crippen LogP contribution in [0.15, 0.2) is 12.2 Å². The summed E-state index contributed by atoms with van der Waals surface area (Å²) in [7, 11) is 0. The van der Waals surface area contributed by atoms with Crippen LogP contribution in [-0.2, 0) is 5.11 Å². The van der Waals surface area contributed by atoms with Crippen LogP contribution in [0, 0.1) is 0 Å². The zero-order chi connectivity index (χ0) is 7.11. The minimum atomic E-state index is -0.463. The normalized spacial score (nSPS) is 14.6. The number of hydrogen-bond donors (Lipinski definition) is 0. The lowest BCUT2D eigenvalue weighted by atomic mass is 10.1. The molecule has 0 spiro atoms. The van der Waals surface area contributed by atoms with Crippen molar-refractivity contribution in [2.75, 3.05) is 0 Å². The van der Waals surface area contributed by atoms with E-state index in [0.717, 1.165) is 19.3 Å². The number of rotatable bonds is 4. The molecule has 0 aromatic heterocycles. The van der Waals surface area contributed by atoms with Gasteiger partial charge in [0.2, 0.25) is 0 Å². The minimum absolute atomic E-state index is 0.463. The van der Waals surface area contributed by atoms with Crippen molar-refractivity contribution in [1.29, 1.82) is 0 Å². The second kappa shape index (κ2) is 5.83. The summed E-state index contributed by atoms with van der Waals surface area (Å²) in [5, 5.41) is 10.8. The van der Waals surface area contributed by atoms with Crippen molar-refractivity contribution in [2.24, 2.45) is 0 Å². The molecule has 1 heteroatoms. The van der Waals surface area contributed by atoms with E-state index in [4.69, 9.17) is 0 Å². The standard InChI is InChI=1S/C8H15O/c1-3-5-7-8(9)6-4-2/h4,6,8H,3,5,7H2,1-2H3. The Hall–Kier alpha value is -0.300. The van der Waals surface area contributed by atoms with Gasteiger partial charge in [-0.05, 0) is 13.3 Å². The summed E-state index contributed by atoms with van der Waals surface area (Å²) in [4.78, 5) is 0. The average molecular weight is 127 g/mol. The van der Waals surface area contributed by atoms with Crippen molar-refractivity contribution >= 4 is 0 Å². The van der Waals surface area contributed by atoms with E-state index >= 15 is 0 Å². The van der Waals surface area contributed by atoms with Gasteiger partial charge in [-0.1, -0.05) is 31.9 Å². The molecule has 0 aromatic carbocycles. The van der Waals surface area contributed by atoms with Crippen LogP contribution in [0.1, 0.15) is 33.1 Å². The maximum atomic E-state index is 10.8. The molecule has 0 aromatic rings. The summed E-state index contributed by atoms with van der Waals surface area (Å²) in [6, 6.07) is 0. The molecule has 0 amide bonds. The fourth-order valence-corrected chi connectivity index (χ4v) is 0.716. The van der Waals surface area contributed by atoms with Gasteiger partial charge in [-0.15, -0.1) is 0 Å². The molecule has 9 heavy (non-hydrogen) atoms. The second-order valence-electron chi connectivity index (χ2n) is 2.21. The predicted molar refractivity (Wildman–Crippen MR) is 38.8 cm³/mol. The van der Waals surface area contributed by atoms with Gasteiger partial charge in [0.15, 0.2) is 0 Å². The van der Waals surface area contributed by atoms with Crippen molar-refractivity contribution in [3.8, 4) is 0 Å². The first-order chi connectivity index (χ1) is 4.31. The largest absolute Gasteiger partial charge is 0.229 e. The lowest BCUT2D eigenvalue weighted by molar-refractivity contribution is 0.120. The minimum Gasteiger partial charge on any atom is -0.229 e. The maximum Gasteiger partial charge on any atom is 0.111 e. The molecule has 0 aliphatic carbocycles. The Bertz CT molecular complexity index is 76.6. The van der Waals surface area contributed by atoms with Crippen molar-refractivity contribution < 1.29 is 5.11 Å². The SMILES string of the molecule is CC=CC([O])CCCC. The van der Waals surface area contributed by atoms with E-state index in [-0.39, 0.29) is 0 Å². The predicted octanol–water partition coefficient (Wildman–Crippen LogP) is 2.55. The molecular weight excluding hydrogens is 112 g/mol. The number of unbranched alkanes of at least 4 members (excludes halogenated alkanes) is 1. The van der Waals surface area contributed by atoms with Crippen LogP contribution in [0.2, 0.25) is 0 Å². The van der Waals surface area contributed by atoms with Gasteiger partial charge < -0.3 is 0 Å². The van der Waals surface area contributed by atoms with Crippen LogP contribution in [0.4, 0.5) is 0 Å². The van der Waals surface area contributed by atoms with Crippen molar-refractivity contribution in [2.45, 2.75) is 39.2 Å². The van der Waals surface area contributed by atoms with Gasteiger partial charge >= 0.3 is 0 Å². The summed E-state index contributed by atoms with van der Waals surface area (Å²) < 4.78 is 0. The zero-order valence-corrected chi connectivity index (χ0v) is 6.26. The summed E-state index contributed by atoms with van der Waals surface area (Å²) in [5.74, 6) is 0. The Morgan fingerprint density at radius 1 is 1.56 bits per heavy atom. The molecule has 0 aliphatic rings. The fourth-order valence-electron chi connectivity index (χ4n) is 0.716. The maximum absolute atomic E-state index is 10.8. The van der Waals surface area contributed by atoms with Gasteiger partial charge in [-0.2, -0.15) is 0 Å². The smallest absolute Gasteiger partial charge is 0.111 e. The van der Waals surface area contributed by atoms with E-state index in [9.17, 15) is 5.11 Å². The second-order valence-corrected chi connectivity index (χ2v) is 2.21. The first-order valence-electron chi connectivity index (χ1n) is 3.60. The molecular formula is C8H15O. The molecule has 0 N–H and O–H groups in total. The number of allylic oxidation sites excluding steroid dienone is 1. The monoisotopic (exact) mass is 127 g/mol. The van der Waals surface area contributed by atoms with Crippen LogP contribution in [0.5, 0.6) is 0 Å².